The summed E-state index contributed by atoms with van der Waals surface area (Å²) in [6.07, 6.45) is 22.7. The molecule has 2 aliphatic heterocycles. The zero-order chi connectivity index (χ0) is 41.8. The van der Waals surface area contributed by atoms with E-state index in [1.807, 2.05) is 0 Å². The molecule has 0 saturated heterocycles. The van der Waals surface area contributed by atoms with E-state index in [1.54, 1.807) is 0 Å². The van der Waals surface area contributed by atoms with Crippen molar-refractivity contribution in [2.75, 3.05) is 31.1 Å². The van der Waals surface area contributed by atoms with E-state index in [0.29, 0.717) is 12.8 Å². The van der Waals surface area contributed by atoms with Crippen LogP contribution in [0.4, 0.5) is 11.4 Å². The molecule has 3 aromatic rings. The summed E-state index contributed by atoms with van der Waals surface area (Å²) in [5, 5.41) is 3.12. The summed E-state index contributed by atoms with van der Waals surface area (Å²) in [6, 6.07) is 26.1. The molecule has 3 N–H and O–H groups in total. The van der Waals surface area contributed by atoms with Crippen molar-refractivity contribution >= 4 is 23.0 Å². The summed E-state index contributed by atoms with van der Waals surface area (Å²) < 4.78 is 9.50. The monoisotopic (exact) mass is 922 g/mol. The molecule has 2 heterocycles. The highest BCUT2D eigenvalue weighted by molar-refractivity contribution is 6.03. The topological polar surface area (TPSA) is 70.6 Å². The van der Waals surface area contributed by atoms with Gasteiger partial charge in [0.25, 0.3) is 0 Å². The number of para-hydroxylation sites is 2. The third kappa shape index (κ3) is 11.1. The quantitative estimate of drug-likeness (QED) is 0.0676. The first-order chi connectivity index (χ1) is 28.6. The number of anilines is 1. The van der Waals surface area contributed by atoms with E-state index in [4.69, 9.17) is 10.5 Å². The fourth-order valence-electron chi connectivity index (χ4n) is 9.31. The van der Waals surface area contributed by atoms with Gasteiger partial charge in [-0.15, -0.1) is 0 Å². The molecule has 1 aliphatic carbocycles. The van der Waals surface area contributed by atoms with Crippen LogP contribution in [0.5, 0.6) is 5.75 Å². The van der Waals surface area contributed by atoms with Gasteiger partial charge in [0, 0.05) is 60.4 Å². The maximum atomic E-state index is 12.6. The van der Waals surface area contributed by atoms with Gasteiger partial charge in [-0.05, 0) is 118 Å². The number of hydrogen-bond donors (Lipinski definition) is 2. The molecule has 60 heavy (non-hydrogen) atoms. The molecule has 3 aliphatic rings. The number of nitrogens with one attached hydrogen (secondary N) is 1. The van der Waals surface area contributed by atoms with E-state index in [1.165, 1.54) is 64.3 Å². The van der Waals surface area contributed by atoms with Crippen molar-refractivity contribution in [3.63, 3.8) is 0 Å². The molecule has 7 heteroatoms. The van der Waals surface area contributed by atoms with Crippen molar-refractivity contribution in [1.82, 2.24) is 5.32 Å². The summed E-state index contributed by atoms with van der Waals surface area (Å²) in [7, 11) is 0. The normalized spacial score (nSPS) is 18.0. The second-order valence-electron chi connectivity index (χ2n) is 17.8. The third-order valence-electron chi connectivity index (χ3n) is 12.6. The lowest BCUT2D eigenvalue weighted by molar-refractivity contribution is -0.437. The molecule has 0 radical (unpaired) electrons. The molecule has 0 unspecified atom stereocenters. The number of allylic oxidation sites excluding steroid dienone is 7. The second kappa shape index (κ2) is 22.2. The molecule has 322 valence electrons. The lowest BCUT2D eigenvalue weighted by Gasteiger charge is -2.27. The highest BCUT2D eigenvalue weighted by Crippen LogP contribution is 2.48. The minimum Gasteiger partial charge on any atom is -1.00 e. The predicted molar refractivity (Wildman–Crippen MR) is 248 cm³/mol. The van der Waals surface area contributed by atoms with E-state index < -0.39 is 0 Å². The first kappa shape index (κ1) is 47.1. The summed E-state index contributed by atoms with van der Waals surface area (Å²) >= 11 is 0. The molecule has 0 aromatic heterocycles. The Balaban J connectivity index is 0.00000683. The number of unbranched alkanes of at least 4 members (excludes halogenated alkanes) is 5. The Morgan fingerprint density at radius 1 is 0.817 bits per heavy atom. The van der Waals surface area contributed by atoms with Crippen molar-refractivity contribution in [3.05, 3.63) is 136 Å². The van der Waals surface area contributed by atoms with Gasteiger partial charge in [-0.3, -0.25) is 4.79 Å². The highest BCUT2D eigenvalue weighted by Gasteiger charge is 2.44. The minimum atomic E-state index is -0.107. The number of carbonyl (C=O) groups excluding carboxylic acids is 1. The molecule has 0 bridgehead atoms. The first-order valence-corrected chi connectivity index (χ1v) is 22.8. The van der Waals surface area contributed by atoms with Crippen LogP contribution in [-0.4, -0.2) is 42.4 Å². The molecule has 1 amide bonds. The van der Waals surface area contributed by atoms with Crippen LogP contribution >= 0.6 is 0 Å². The third-order valence-corrected chi connectivity index (χ3v) is 12.6. The molecule has 0 atom stereocenters. The van der Waals surface area contributed by atoms with Gasteiger partial charge in [0.05, 0.1) is 5.41 Å². The minimum absolute atomic E-state index is 0. The van der Waals surface area contributed by atoms with E-state index >= 15 is 0 Å². The largest absolute Gasteiger partial charge is 1.00 e. The van der Waals surface area contributed by atoms with Crippen molar-refractivity contribution in [3.8, 4) is 5.75 Å². The fourth-order valence-corrected chi connectivity index (χ4v) is 9.31. The van der Waals surface area contributed by atoms with E-state index in [0.717, 1.165) is 94.6 Å². The number of aryl methyl sites for hydroxylation is 1. The van der Waals surface area contributed by atoms with Gasteiger partial charge in [0.1, 0.15) is 18.1 Å². The number of nitrogens with zero attached hydrogens (tertiary/aromatic N) is 2. The van der Waals surface area contributed by atoms with Gasteiger partial charge in [0.15, 0.2) is 5.71 Å². The summed E-state index contributed by atoms with van der Waals surface area (Å²) in [4.78, 5) is 15.2. The smallest absolute Gasteiger partial charge is 0.220 e. The zero-order valence-corrected chi connectivity index (χ0v) is 39.6. The van der Waals surface area contributed by atoms with Crippen molar-refractivity contribution < 1.29 is 38.1 Å². The van der Waals surface area contributed by atoms with Crippen LogP contribution in [-0.2, 0) is 22.0 Å². The summed E-state index contributed by atoms with van der Waals surface area (Å²) in [5.74, 6) is 1.90. The lowest BCUT2D eigenvalue weighted by Crippen LogP contribution is -3.00. The number of hydrogen-bond acceptors (Lipinski definition) is 4. The van der Waals surface area contributed by atoms with E-state index in [-0.39, 0.29) is 40.7 Å². The Bertz CT molecular complexity index is 2070. The highest BCUT2D eigenvalue weighted by atomic mass is 127. The number of nitrogens with two attached hydrogens (primary N) is 1. The van der Waals surface area contributed by atoms with Crippen LogP contribution in [0.15, 0.2) is 120 Å². The molecule has 6 rings (SSSR count). The molecular weight excluding hydrogens is 852 g/mol. The number of rotatable bonds is 20. The number of ether oxygens (including phenoxy) is 1. The maximum absolute atomic E-state index is 12.6. The fraction of sp³-hybridized carbons (Fsp3) is 0.472. The van der Waals surface area contributed by atoms with Crippen LogP contribution in [0.25, 0.3) is 0 Å². The van der Waals surface area contributed by atoms with Crippen LogP contribution in [0.1, 0.15) is 135 Å². The zero-order valence-electron chi connectivity index (χ0n) is 37.4. The number of halogens is 1. The Hall–Kier alpha value is -3.95. The Kier molecular flexibility index (Phi) is 17.5. The van der Waals surface area contributed by atoms with Crippen LogP contribution in [0, 0.1) is 0 Å². The van der Waals surface area contributed by atoms with Gasteiger partial charge in [-0.25, -0.2) is 0 Å². The van der Waals surface area contributed by atoms with Crippen molar-refractivity contribution in [1.29, 1.82) is 0 Å². The molecule has 3 aromatic carbocycles. The number of carbonyl (C=O) groups is 1. The number of amides is 1. The summed E-state index contributed by atoms with van der Waals surface area (Å²) in [6.45, 7) is 17.4. The Morgan fingerprint density at radius 2 is 1.52 bits per heavy atom. The molecule has 0 fully saturated rings. The molecule has 0 saturated carbocycles. The van der Waals surface area contributed by atoms with E-state index in [2.05, 4.69) is 153 Å². The van der Waals surface area contributed by atoms with Crippen molar-refractivity contribution in [2.45, 2.75) is 136 Å². The van der Waals surface area contributed by atoms with Gasteiger partial charge < -0.3 is 44.7 Å². The molecular formula is C53H71IN4O2. The van der Waals surface area contributed by atoms with Crippen LogP contribution < -0.4 is 44.7 Å². The van der Waals surface area contributed by atoms with E-state index in [9.17, 15) is 4.79 Å². The van der Waals surface area contributed by atoms with Gasteiger partial charge in [0.2, 0.25) is 11.6 Å². The van der Waals surface area contributed by atoms with Gasteiger partial charge in [-0.1, -0.05) is 108 Å². The average molecular weight is 923 g/mol. The summed E-state index contributed by atoms with van der Waals surface area (Å²) in [5.41, 5.74) is 17.0. The number of fused-ring (bicyclic) bond motifs is 2. The molecule has 6 nitrogen and oxygen atoms in total. The lowest BCUT2D eigenvalue weighted by atomic mass is 9.81. The van der Waals surface area contributed by atoms with Crippen LogP contribution in [0.3, 0.4) is 0 Å². The SMILES string of the molecule is CCCN1/C(=C/C=C2\CCCC(/C=C/C3=[N+](CCC)c4ccccc4C3(C)C)=C2Oc2ccc(CCC(=O)NCCCCCCCCN)cc2)C(C)(C)c2ccccc21.[I-]. The van der Waals surface area contributed by atoms with Gasteiger partial charge in [-0.2, -0.15) is 4.58 Å². The number of benzene rings is 3. The van der Waals surface area contributed by atoms with Gasteiger partial charge >= 0.3 is 0 Å². The average Bonchev–Trinajstić information content (AvgIpc) is 3.58. The first-order valence-electron chi connectivity index (χ1n) is 22.8. The predicted octanol–water partition coefficient (Wildman–Crippen LogP) is 8.92. The van der Waals surface area contributed by atoms with Crippen molar-refractivity contribution in [2.24, 2.45) is 5.73 Å². The standard InChI is InChI=1S/C53H70N4O2.HI/c1-7-38-56-46-24-15-13-22-44(46)52(3,4)48(56)33-29-41-20-19-21-42(30-34-49-53(5,6)45-23-14-16-25-47(45)57(49)39-8-2)51(41)59-43-31-26-40(27-32-43)28-35-50(58)55-37-18-12-10-9-11-17-36-54;/h13-16,22-27,29-34H,7-12,17-21,28,35-39,54H2,1-6H3;1H. The maximum Gasteiger partial charge on any atom is 0.220 e. The van der Waals surface area contributed by atoms with Crippen LogP contribution in [0.2, 0.25) is 0 Å². The Labute approximate surface area is 379 Å². The second-order valence-corrected chi connectivity index (χ2v) is 17.8. The Morgan fingerprint density at radius 3 is 2.25 bits per heavy atom. The molecule has 0 spiro atoms.